The Morgan fingerprint density at radius 3 is 3.33 bits per heavy atom. The van der Waals surface area contributed by atoms with E-state index in [-0.39, 0.29) is 18.2 Å². The zero-order valence-electron chi connectivity index (χ0n) is 9.74. The van der Waals surface area contributed by atoms with E-state index < -0.39 is 0 Å². The molecule has 3 heterocycles. The lowest BCUT2D eigenvalue weighted by Crippen LogP contribution is -2.65. The van der Waals surface area contributed by atoms with Crippen LogP contribution in [0.15, 0.2) is 17.8 Å². The van der Waals surface area contributed by atoms with Crippen LogP contribution in [-0.4, -0.2) is 34.8 Å². The fraction of sp³-hybridized carbons (Fsp3) is 0.500. The summed E-state index contributed by atoms with van der Waals surface area (Å²) in [7, 11) is 0. The summed E-state index contributed by atoms with van der Waals surface area (Å²) in [5.74, 6) is 1.40. The monoisotopic (exact) mass is 262 g/mol. The van der Waals surface area contributed by atoms with Gasteiger partial charge in [0.15, 0.2) is 0 Å². The van der Waals surface area contributed by atoms with E-state index in [1.807, 2.05) is 11.4 Å². The van der Waals surface area contributed by atoms with E-state index in [0.29, 0.717) is 5.92 Å². The van der Waals surface area contributed by atoms with E-state index in [0.717, 1.165) is 29.1 Å². The van der Waals surface area contributed by atoms with Gasteiger partial charge in [0, 0.05) is 18.6 Å². The van der Waals surface area contributed by atoms with E-state index in [1.54, 1.807) is 17.7 Å². The van der Waals surface area contributed by atoms with Crippen molar-refractivity contribution in [3.05, 3.63) is 17.8 Å². The maximum atomic E-state index is 6.19. The first-order valence-corrected chi connectivity index (χ1v) is 7.04. The number of nitrogens with one attached hydrogen (secondary N) is 1. The van der Waals surface area contributed by atoms with Gasteiger partial charge in [0.25, 0.3) is 0 Å². The predicted molar refractivity (Wildman–Crippen MR) is 70.6 cm³/mol. The van der Waals surface area contributed by atoms with Crippen LogP contribution in [0.5, 0.6) is 0 Å². The van der Waals surface area contributed by atoms with Crippen molar-refractivity contribution in [3.63, 3.8) is 0 Å². The van der Waals surface area contributed by atoms with Crippen LogP contribution in [0.25, 0.3) is 10.2 Å². The molecule has 2 aromatic heterocycles. The van der Waals surface area contributed by atoms with Gasteiger partial charge >= 0.3 is 0 Å². The first-order chi connectivity index (χ1) is 8.84. The number of fused-ring (bicyclic) bond motifs is 2. The molecule has 4 rings (SSSR count). The second kappa shape index (κ2) is 3.88. The van der Waals surface area contributed by atoms with Crippen LogP contribution in [0.4, 0.5) is 5.82 Å². The van der Waals surface area contributed by atoms with Crippen molar-refractivity contribution in [3.8, 4) is 0 Å². The average molecular weight is 262 g/mol. The number of rotatable bonds is 2. The Hall–Kier alpha value is -1.24. The van der Waals surface area contributed by atoms with Gasteiger partial charge < -0.3 is 15.8 Å². The van der Waals surface area contributed by atoms with Crippen LogP contribution >= 0.6 is 11.3 Å². The molecule has 0 amide bonds. The first-order valence-electron chi connectivity index (χ1n) is 6.16. The van der Waals surface area contributed by atoms with E-state index >= 15 is 0 Å². The number of hydrogen-bond donors (Lipinski definition) is 2. The highest BCUT2D eigenvalue weighted by molar-refractivity contribution is 7.17. The maximum absolute atomic E-state index is 6.19. The normalized spacial score (nSPS) is 34.3. The number of hydrogen-bond acceptors (Lipinski definition) is 6. The number of ether oxygens (including phenoxy) is 1. The number of thiophene rings is 1. The summed E-state index contributed by atoms with van der Waals surface area (Å²) in [5, 5.41) is 5.47. The summed E-state index contributed by atoms with van der Waals surface area (Å²) in [6.07, 6.45) is 2.93. The van der Waals surface area contributed by atoms with E-state index in [4.69, 9.17) is 10.5 Å². The van der Waals surface area contributed by atoms with Gasteiger partial charge in [0.05, 0.1) is 22.4 Å². The molecule has 2 aliphatic rings. The molecular weight excluding hydrogens is 248 g/mol. The van der Waals surface area contributed by atoms with E-state index in [2.05, 4.69) is 15.3 Å². The number of nitrogens with two attached hydrogens (primary N) is 1. The molecule has 0 bridgehead atoms. The van der Waals surface area contributed by atoms with Crippen molar-refractivity contribution in [1.29, 1.82) is 0 Å². The average Bonchev–Trinajstić information content (AvgIpc) is 3.02. The van der Waals surface area contributed by atoms with Gasteiger partial charge in [-0.1, -0.05) is 0 Å². The van der Waals surface area contributed by atoms with Crippen LogP contribution in [-0.2, 0) is 4.74 Å². The molecule has 4 unspecified atom stereocenters. The quantitative estimate of drug-likeness (QED) is 0.851. The molecule has 1 aliphatic carbocycles. The lowest BCUT2D eigenvalue weighted by molar-refractivity contribution is 0.00529. The van der Waals surface area contributed by atoms with Gasteiger partial charge in [-0.3, -0.25) is 0 Å². The molecule has 6 heteroatoms. The van der Waals surface area contributed by atoms with Crippen LogP contribution in [0, 0.1) is 5.92 Å². The molecule has 0 aromatic carbocycles. The Kier molecular flexibility index (Phi) is 2.30. The van der Waals surface area contributed by atoms with Crippen molar-refractivity contribution in [1.82, 2.24) is 9.97 Å². The summed E-state index contributed by atoms with van der Waals surface area (Å²) < 4.78 is 6.81. The third kappa shape index (κ3) is 1.39. The van der Waals surface area contributed by atoms with Gasteiger partial charge in [-0.25, -0.2) is 9.97 Å². The molecule has 1 aliphatic heterocycles. The number of nitrogens with zero attached hydrogens (tertiary/aromatic N) is 2. The minimum absolute atomic E-state index is 0.169. The summed E-state index contributed by atoms with van der Waals surface area (Å²) in [4.78, 5) is 8.56. The van der Waals surface area contributed by atoms with Gasteiger partial charge in [-0.05, 0) is 17.9 Å². The molecule has 4 atom stereocenters. The maximum Gasteiger partial charge on any atom is 0.147 e. The number of anilines is 1. The predicted octanol–water partition coefficient (Wildman–Crippen LogP) is 1.22. The zero-order valence-corrected chi connectivity index (χ0v) is 10.6. The second-order valence-electron chi connectivity index (χ2n) is 4.89. The Balaban J connectivity index is 1.63. The molecular formula is C12H14N4OS. The highest BCUT2D eigenvalue weighted by atomic mass is 32.1. The number of aromatic nitrogens is 2. The Bertz CT molecular complexity index is 586. The highest BCUT2D eigenvalue weighted by Crippen LogP contribution is 2.40. The molecule has 2 fully saturated rings. The summed E-state index contributed by atoms with van der Waals surface area (Å²) in [5.41, 5.74) is 7.17. The molecule has 5 nitrogen and oxygen atoms in total. The molecule has 0 spiro atoms. The third-order valence-electron chi connectivity index (χ3n) is 3.99. The summed E-state index contributed by atoms with van der Waals surface area (Å²) in [6, 6.07) is 2.35. The SMILES string of the molecule is NC1C2CCOC2C1Nc1ncnc2ccsc12. The molecule has 94 valence electrons. The fourth-order valence-corrected chi connectivity index (χ4v) is 3.77. The van der Waals surface area contributed by atoms with Crippen molar-refractivity contribution in [2.75, 3.05) is 11.9 Å². The molecule has 1 saturated carbocycles. The zero-order chi connectivity index (χ0) is 12.1. The highest BCUT2D eigenvalue weighted by Gasteiger charge is 2.52. The topological polar surface area (TPSA) is 73.1 Å². The van der Waals surface area contributed by atoms with Crippen LogP contribution in [0.1, 0.15) is 6.42 Å². The third-order valence-corrected chi connectivity index (χ3v) is 4.90. The molecule has 1 saturated heterocycles. The summed E-state index contributed by atoms with van der Waals surface area (Å²) in [6.45, 7) is 0.833. The van der Waals surface area contributed by atoms with Crippen LogP contribution < -0.4 is 11.1 Å². The summed E-state index contributed by atoms with van der Waals surface area (Å²) >= 11 is 1.65. The van der Waals surface area contributed by atoms with E-state index in [9.17, 15) is 0 Å². The Morgan fingerprint density at radius 2 is 2.39 bits per heavy atom. The van der Waals surface area contributed by atoms with Crippen molar-refractivity contribution in [2.45, 2.75) is 24.6 Å². The molecule has 18 heavy (non-hydrogen) atoms. The largest absolute Gasteiger partial charge is 0.376 e. The lowest BCUT2D eigenvalue weighted by Gasteiger charge is -2.45. The van der Waals surface area contributed by atoms with Crippen molar-refractivity contribution >= 4 is 27.4 Å². The minimum atomic E-state index is 0.169. The second-order valence-corrected chi connectivity index (χ2v) is 5.81. The minimum Gasteiger partial charge on any atom is -0.376 e. The van der Waals surface area contributed by atoms with Crippen molar-refractivity contribution in [2.24, 2.45) is 11.7 Å². The first kappa shape index (κ1) is 10.7. The van der Waals surface area contributed by atoms with Gasteiger partial charge in [0.1, 0.15) is 12.1 Å². The fourth-order valence-electron chi connectivity index (χ4n) is 2.98. The lowest BCUT2D eigenvalue weighted by atomic mass is 9.72. The Morgan fingerprint density at radius 1 is 1.44 bits per heavy atom. The van der Waals surface area contributed by atoms with Crippen molar-refractivity contribution < 1.29 is 4.74 Å². The van der Waals surface area contributed by atoms with Gasteiger partial charge in [-0.2, -0.15) is 0 Å². The molecule has 3 N–H and O–H groups in total. The molecule has 2 aromatic rings. The van der Waals surface area contributed by atoms with Crippen LogP contribution in [0.3, 0.4) is 0 Å². The van der Waals surface area contributed by atoms with Gasteiger partial charge in [-0.15, -0.1) is 11.3 Å². The molecule has 0 radical (unpaired) electrons. The van der Waals surface area contributed by atoms with E-state index in [1.165, 1.54) is 0 Å². The smallest absolute Gasteiger partial charge is 0.147 e. The standard InChI is InChI=1S/C12H14N4OS/c13-8-6-1-3-17-10(6)9(8)16-12-11-7(2-4-18-11)14-5-15-12/h2,4-6,8-10H,1,3,13H2,(H,14,15,16). The van der Waals surface area contributed by atoms with Gasteiger partial charge in [0.2, 0.25) is 0 Å². The Labute approximate surface area is 108 Å². The van der Waals surface area contributed by atoms with Crippen LogP contribution in [0.2, 0.25) is 0 Å².